The van der Waals surface area contributed by atoms with E-state index >= 15 is 0 Å². The van der Waals surface area contributed by atoms with E-state index in [0.717, 1.165) is 43.2 Å². The summed E-state index contributed by atoms with van der Waals surface area (Å²) in [6, 6.07) is 84.3. The van der Waals surface area contributed by atoms with E-state index in [1.807, 2.05) is 0 Å². The van der Waals surface area contributed by atoms with Gasteiger partial charge in [0, 0.05) is 82.9 Å². The van der Waals surface area contributed by atoms with Crippen LogP contribution in [0.2, 0.25) is 0 Å². The van der Waals surface area contributed by atoms with Crippen LogP contribution in [-0.4, -0.2) is 35.6 Å². The van der Waals surface area contributed by atoms with Crippen molar-refractivity contribution < 1.29 is 0 Å². The van der Waals surface area contributed by atoms with Crippen LogP contribution in [0.4, 0.5) is 17.1 Å². The number of aryl methyl sites for hydroxylation is 2. The highest BCUT2D eigenvalue weighted by Gasteiger charge is 2.52. The summed E-state index contributed by atoms with van der Waals surface area (Å²) < 4.78 is 2.49. The first-order valence-electron chi connectivity index (χ1n) is 29.0. The van der Waals surface area contributed by atoms with Gasteiger partial charge in [-0.15, -0.1) is 0 Å². The maximum absolute atomic E-state index is 2.67. The monoisotopic (exact) mass is 1040 g/mol. The molecule has 2 atom stereocenters. The average molecular weight is 1040 g/mol. The molecule has 0 radical (unpaired) electrons. The molecule has 11 aromatic rings. The van der Waals surface area contributed by atoms with E-state index in [1.165, 1.54) is 128 Å². The molecule has 0 saturated carbocycles. The van der Waals surface area contributed by atoms with Crippen molar-refractivity contribution >= 4 is 51.0 Å². The molecule has 17 rings (SSSR count). The van der Waals surface area contributed by atoms with Crippen LogP contribution in [0.15, 0.2) is 260 Å². The van der Waals surface area contributed by atoms with Gasteiger partial charge >= 0.3 is 0 Å². The van der Waals surface area contributed by atoms with Gasteiger partial charge in [0.05, 0.1) is 16.4 Å². The number of anilines is 3. The van der Waals surface area contributed by atoms with Gasteiger partial charge in [-0.1, -0.05) is 182 Å². The van der Waals surface area contributed by atoms with Gasteiger partial charge in [0.25, 0.3) is 0 Å². The Hall–Kier alpha value is -9.64. The van der Waals surface area contributed by atoms with E-state index < -0.39 is 5.41 Å². The lowest BCUT2D eigenvalue weighted by Gasteiger charge is -2.46. The predicted molar refractivity (Wildman–Crippen MR) is 337 cm³/mol. The minimum absolute atomic E-state index is 0.146. The summed E-state index contributed by atoms with van der Waals surface area (Å²) in [5, 5.41) is 2.54. The van der Waals surface area contributed by atoms with Crippen molar-refractivity contribution in [2.75, 3.05) is 36.0 Å². The number of fused-ring (bicyclic) bond motifs is 13. The summed E-state index contributed by atoms with van der Waals surface area (Å²) in [4.78, 5) is 7.76. The summed E-state index contributed by atoms with van der Waals surface area (Å²) in [5.41, 5.74) is 31.0. The zero-order valence-corrected chi connectivity index (χ0v) is 45.5. The second-order valence-electron chi connectivity index (χ2n) is 23.1. The van der Waals surface area contributed by atoms with E-state index in [2.05, 4.69) is 288 Å². The van der Waals surface area contributed by atoms with Crippen LogP contribution < -0.4 is 9.80 Å². The molecule has 0 amide bonds. The molecule has 1 saturated heterocycles. The molecule has 10 aromatic carbocycles. The van der Waals surface area contributed by atoms with Crippen LogP contribution in [0.1, 0.15) is 56.0 Å². The Morgan fingerprint density at radius 1 is 0.432 bits per heavy atom. The Labute approximate surface area is 473 Å². The van der Waals surface area contributed by atoms with Gasteiger partial charge in [-0.25, -0.2) is 0 Å². The van der Waals surface area contributed by atoms with Crippen molar-refractivity contribution in [3.63, 3.8) is 0 Å². The van der Waals surface area contributed by atoms with Crippen molar-refractivity contribution in [2.24, 2.45) is 5.92 Å². The average Bonchev–Trinajstić information content (AvgIpc) is 2.42. The number of piperazine rings is 1. The van der Waals surface area contributed by atoms with E-state index in [4.69, 9.17) is 0 Å². The summed E-state index contributed by atoms with van der Waals surface area (Å²) in [6.07, 6.45) is 12.3. The molecular formula is C77H58N4. The summed E-state index contributed by atoms with van der Waals surface area (Å²) in [7, 11) is 0. The first-order valence-corrected chi connectivity index (χ1v) is 29.0. The molecule has 2 unspecified atom stereocenters. The Morgan fingerprint density at radius 2 is 0.988 bits per heavy atom. The highest BCUT2D eigenvalue weighted by molar-refractivity contribution is 6.12. The third-order valence-corrected chi connectivity index (χ3v) is 19.1. The van der Waals surface area contributed by atoms with Gasteiger partial charge in [0.15, 0.2) is 0 Å². The van der Waals surface area contributed by atoms with Crippen molar-refractivity contribution in [2.45, 2.75) is 25.2 Å². The van der Waals surface area contributed by atoms with E-state index in [0.29, 0.717) is 0 Å². The van der Waals surface area contributed by atoms with Crippen LogP contribution in [0, 0.1) is 19.8 Å². The topological polar surface area (TPSA) is 14.7 Å². The third kappa shape index (κ3) is 6.65. The Balaban J connectivity index is 0.752. The molecule has 1 spiro atoms. The predicted octanol–water partition coefficient (Wildman–Crippen LogP) is 18.0. The number of benzene rings is 10. The van der Waals surface area contributed by atoms with Crippen LogP contribution in [0.5, 0.6) is 0 Å². The van der Waals surface area contributed by atoms with Crippen molar-refractivity contribution in [3.8, 4) is 39.1 Å². The molecule has 81 heavy (non-hydrogen) atoms. The Bertz CT molecular complexity index is 4500. The third-order valence-electron chi connectivity index (χ3n) is 19.1. The minimum Gasteiger partial charge on any atom is -0.368 e. The molecule has 1 aliphatic heterocycles. The van der Waals surface area contributed by atoms with Crippen molar-refractivity contribution in [1.29, 1.82) is 0 Å². The zero-order chi connectivity index (χ0) is 53.5. The van der Waals surface area contributed by atoms with Gasteiger partial charge in [0.1, 0.15) is 0 Å². The molecule has 5 aliphatic carbocycles. The van der Waals surface area contributed by atoms with Gasteiger partial charge < -0.3 is 19.3 Å². The number of allylic oxidation sites excluding steroid dienone is 4. The van der Waals surface area contributed by atoms with Crippen LogP contribution in [0.25, 0.3) is 73.0 Å². The number of hydrogen-bond donors (Lipinski definition) is 0. The molecule has 1 fully saturated rings. The van der Waals surface area contributed by atoms with E-state index in [1.54, 1.807) is 0 Å². The molecule has 1 aromatic heterocycles. The molecule has 4 nitrogen and oxygen atoms in total. The molecule has 2 heterocycles. The fourth-order valence-corrected chi connectivity index (χ4v) is 15.6. The molecule has 386 valence electrons. The summed E-state index contributed by atoms with van der Waals surface area (Å²) in [5.74, 6) is 0.355. The normalized spacial score (nSPS) is 17.5. The fraction of sp³-hybridized carbons (Fsp3) is 0.117. The Kier molecular flexibility index (Phi) is 10.1. The second kappa shape index (κ2) is 17.7. The van der Waals surface area contributed by atoms with Gasteiger partial charge in [0.2, 0.25) is 0 Å². The fourth-order valence-electron chi connectivity index (χ4n) is 15.6. The lowest BCUT2D eigenvalue weighted by Crippen LogP contribution is -2.47. The molecular weight excluding hydrogens is 981 g/mol. The molecule has 6 aliphatic rings. The van der Waals surface area contributed by atoms with Crippen LogP contribution in [0.3, 0.4) is 0 Å². The molecule has 4 heteroatoms. The number of hydrogen-bond acceptors (Lipinski definition) is 3. The van der Waals surface area contributed by atoms with E-state index in [-0.39, 0.29) is 11.8 Å². The highest BCUT2D eigenvalue weighted by atomic mass is 15.3. The molecule has 0 bridgehead atoms. The largest absolute Gasteiger partial charge is 0.368 e. The smallest absolute Gasteiger partial charge is 0.0725 e. The first-order chi connectivity index (χ1) is 40.0. The zero-order valence-electron chi connectivity index (χ0n) is 45.5. The number of nitrogens with zero attached hydrogens (tertiary/aromatic N) is 4. The van der Waals surface area contributed by atoms with Crippen molar-refractivity contribution in [3.05, 3.63) is 310 Å². The minimum atomic E-state index is -0.392. The van der Waals surface area contributed by atoms with Crippen LogP contribution >= 0.6 is 0 Å². The van der Waals surface area contributed by atoms with E-state index in [9.17, 15) is 0 Å². The Morgan fingerprint density at radius 3 is 1.67 bits per heavy atom. The quantitative estimate of drug-likeness (QED) is 0.158. The van der Waals surface area contributed by atoms with Crippen molar-refractivity contribution in [1.82, 2.24) is 9.47 Å². The van der Waals surface area contributed by atoms with Gasteiger partial charge in [-0.2, -0.15) is 0 Å². The second-order valence-corrected chi connectivity index (χ2v) is 23.1. The maximum Gasteiger partial charge on any atom is 0.0725 e. The summed E-state index contributed by atoms with van der Waals surface area (Å²) in [6.45, 7) is 8.47. The highest BCUT2D eigenvalue weighted by Crippen LogP contribution is 2.64. The van der Waals surface area contributed by atoms with Gasteiger partial charge in [-0.05, 0) is 176 Å². The number of rotatable bonds is 7. The van der Waals surface area contributed by atoms with Crippen LogP contribution in [-0.2, 0) is 5.41 Å². The number of aromatic nitrogens is 1. The summed E-state index contributed by atoms with van der Waals surface area (Å²) >= 11 is 0. The maximum atomic E-state index is 2.67. The standard InChI is InChI=1S/C77H58N4/c1-49-45-50(2)58-38-40-64-74(48-72(63-39-37-57(49)75(58)76(63)64)79-43-41-78(42-44-79)53-17-5-3-6-18-53)80(54-19-7-4-8-20-54)55-33-29-51(30-34-55)52-31-35-56(36-32-52)81-71-28-16-12-24-62(71)66-46-70-65(47-73(66)81)61-23-11-15-27-69(61)77(70)67-25-13-9-21-59(67)60-22-10-14-26-68(60)77/h3-40,45-48,64,76H,41-44H2,1-2H3. The van der Waals surface area contributed by atoms with Gasteiger partial charge in [-0.3, -0.25) is 0 Å². The SMILES string of the molecule is Cc1cc(C)c2c3c1C=CC1=C(N4CCN(c5ccccc5)CC4)C=C(N(c4ccccc4)c4ccc(-c5ccc(-n6c7ccccc7c7cc8c(cc76)-c6ccccc6C86c7ccccc7-c7ccccc76)cc5)cc4)C(C=C2)C13. The first kappa shape index (κ1) is 46.3. The number of para-hydroxylation sites is 3. The molecule has 0 N–H and O–H groups in total. The lowest BCUT2D eigenvalue weighted by molar-refractivity contribution is 0.322. The lowest BCUT2D eigenvalue weighted by atomic mass is 9.65.